The number of nitrogens with one attached hydrogen (secondary N) is 1. The lowest BCUT2D eigenvalue weighted by Gasteiger charge is -2.18. The first-order valence-corrected chi connectivity index (χ1v) is 7.89. The molecule has 0 aliphatic carbocycles. The van der Waals surface area contributed by atoms with Crippen LogP contribution in [-0.2, 0) is 16.0 Å². The predicted molar refractivity (Wildman–Crippen MR) is 83.5 cm³/mol. The van der Waals surface area contributed by atoms with Crippen molar-refractivity contribution >= 4 is 5.91 Å². The Hall–Kier alpha value is -2.14. The Morgan fingerprint density at radius 3 is 2.78 bits per heavy atom. The van der Waals surface area contributed by atoms with Gasteiger partial charge in [0.2, 0.25) is 5.91 Å². The van der Waals surface area contributed by atoms with Gasteiger partial charge in [-0.3, -0.25) is 4.79 Å². The van der Waals surface area contributed by atoms with Crippen molar-refractivity contribution in [1.29, 1.82) is 0 Å². The van der Waals surface area contributed by atoms with E-state index >= 15 is 0 Å². The van der Waals surface area contributed by atoms with E-state index in [9.17, 15) is 9.18 Å². The van der Waals surface area contributed by atoms with E-state index in [4.69, 9.17) is 9.15 Å². The molecule has 0 spiro atoms. The first-order valence-electron chi connectivity index (χ1n) is 7.89. The van der Waals surface area contributed by atoms with E-state index < -0.39 is 5.92 Å². The second-order valence-corrected chi connectivity index (χ2v) is 5.77. The molecular weight excluding hydrogens is 297 g/mol. The monoisotopic (exact) mass is 317 g/mol. The molecule has 2 atom stereocenters. The van der Waals surface area contributed by atoms with Crippen LogP contribution in [0.5, 0.6) is 0 Å². The summed E-state index contributed by atoms with van der Waals surface area (Å²) in [5.41, 5.74) is 0.771. The van der Waals surface area contributed by atoms with Gasteiger partial charge in [-0.05, 0) is 42.7 Å². The third-order valence-corrected chi connectivity index (χ3v) is 4.10. The number of furan rings is 1. The predicted octanol–water partition coefficient (Wildman–Crippen LogP) is 3.04. The minimum absolute atomic E-state index is 0.0939. The second kappa shape index (κ2) is 7.42. The highest BCUT2D eigenvalue weighted by atomic mass is 19.1. The lowest BCUT2D eigenvalue weighted by Crippen LogP contribution is -2.36. The van der Waals surface area contributed by atoms with Crippen LogP contribution in [0, 0.1) is 5.82 Å². The molecule has 5 heteroatoms. The van der Waals surface area contributed by atoms with Crippen molar-refractivity contribution in [2.75, 3.05) is 13.2 Å². The van der Waals surface area contributed by atoms with Crippen molar-refractivity contribution in [2.24, 2.45) is 0 Å². The van der Waals surface area contributed by atoms with E-state index in [1.54, 1.807) is 24.5 Å². The lowest BCUT2D eigenvalue weighted by atomic mass is 9.93. The summed E-state index contributed by atoms with van der Waals surface area (Å²) in [6.07, 6.45) is 4.13. The SMILES string of the molecule is O=C(NCC1CCCO1)C(Cc1ccco1)c1ccc(F)cc1. The smallest absolute Gasteiger partial charge is 0.228 e. The molecule has 2 aromatic rings. The molecular formula is C18H20FNO3. The van der Waals surface area contributed by atoms with E-state index in [0.29, 0.717) is 13.0 Å². The zero-order valence-electron chi connectivity index (χ0n) is 12.8. The average molecular weight is 317 g/mol. The van der Waals surface area contributed by atoms with Crippen molar-refractivity contribution < 1.29 is 18.3 Å². The van der Waals surface area contributed by atoms with Crippen molar-refractivity contribution in [3.05, 3.63) is 59.8 Å². The summed E-state index contributed by atoms with van der Waals surface area (Å²) in [5.74, 6) is -0.0940. The van der Waals surface area contributed by atoms with E-state index in [1.807, 2.05) is 6.07 Å². The summed E-state index contributed by atoms with van der Waals surface area (Å²) in [6.45, 7) is 1.27. The molecule has 1 aliphatic heterocycles. The van der Waals surface area contributed by atoms with Crippen LogP contribution in [-0.4, -0.2) is 25.2 Å². The molecule has 4 nitrogen and oxygen atoms in total. The van der Waals surface area contributed by atoms with Crippen LogP contribution in [0.3, 0.4) is 0 Å². The Labute approximate surface area is 134 Å². The largest absolute Gasteiger partial charge is 0.469 e. The van der Waals surface area contributed by atoms with Crippen molar-refractivity contribution in [2.45, 2.75) is 31.3 Å². The lowest BCUT2D eigenvalue weighted by molar-refractivity contribution is -0.123. The van der Waals surface area contributed by atoms with Crippen LogP contribution in [0.4, 0.5) is 4.39 Å². The second-order valence-electron chi connectivity index (χ2n) is 5.77. The van der Waals surface area contributed by atoms with Gasteiger partial charge >= 0.3 is 0 Å². The van der Waals surface area contributed by atoms with Crippen molar-refractivity contribution in [3.8, 4) is 0 Å². The highest BCUT2D eigenvalue weighted by Crippen LogP contribution is 2.22. The first kappa shape index (κ1) is 15.7. The maximum atomic E-state index is 13.1. The van der Waals surface area contributed by atoms with E-state index in [-0.39, 0.29) is 17.8 Å². The standard InChI is InChI=1S/C18H20FNO3/c19-14-7-5-13(6-8-14)17(11-15-3-1-9-22-15)18(21)20-12-16-4-2-10-23-16/h1,3,5-9,16-17H,2,4,10-12H2,(H,20,21). The van der Waals surface area contributed by atoms with Crippen LogP contribution in [0.15, 0.2) is 47.1 Å². The average Bonchev–Trinajstić information content (AvgIpc) is 3.25. The first-order chi connectivity index (χ1) is 11.2. The fraction of sp³-hybridized carbons (Fsp3) is 0.389. The van der Waals surface area contributed by atoms with Crippen LogP contribution in [0.1, 0.15) is 30.1 Å². The van der Waals surface area contributed by atoms with Crippen LogP contribution in [0.2, 0.25) is 0 Å². The quantitative estimate of drug-likeness (QED) is 0.891. The van der Waals surface area contributed by atoms with Gasteiger partial charge in [0, 0.05) is 19.6 Å². The molecule has 0 bridgehead atoms. The molecule has 0 radical (unpaired) electrons. The van der Waals surface area contributed by atoms with Gasteiger partial charge < -0.3 is 14.5 Å². The zero-order chi connectivity index (χ0) is 16.1. The number of benzene rings is 1. The maximum absolute atomic E-state index is 13.1. The van der Waals surface area contributed by atoms with Gasteiger partial charge in [-0.1, -0.05) is 12.1 Å². The number of carbonyl (C=O) groups excluding carboxylic acids is 1. The minimum Gasteiger partial charge on any atom is -0.469 e. The molecule has 1 N–H and O–H groups in total. The molecule has 2 unspecified atom stereocenters. The number of hydrogen-bond donors (Lipinski definition) is 1. The van der Waals surface area contributed by atoms with Crippen LogP contribution >= 0.6 is 0 Å². The van der Waals surface area contributed by atoms with Gasteiger partial charge in [0.15, 0.2) is 0 Å². The van der Waals surface area contributed by atoms with E-state index in [0.717, 1.165) is 30.8 Å². The summed E-state index contributed by atoms with van der Waals surface area (Å²) >= 11 is 0. The summed E-state index contributed by atoms with van der Waals surface area (Å²) in [5, 5.41) is 2.95. The number of rotatable bonds is 6. The number of halogens is 1. The zero-order valence-corrected chi connectivity index (χ0v) is 12.8. The Bertz CT molecular complexity index is 618. The molecule has 1 amide bonds. The molecule has 0 saturated carbocycles. The fourth-order valence-electron chi connectivity index (χ4n) is 2.83. The Balaban J connectivity index is 1.70. The molecule has 1 saturated heterocycles. The fourth-order valence-corrected chi connectivity index (χ4v) is 2.83. The van der Waals surface area contributed by atoms with Gasteiger partial charge in [0.05, 0.1) is 18.3 Å². The van der Waals surface area contributed by atoms with Gasteiger partial charge in [-0.25, -0.2) is 4.39 Å². The third-order valence-electron chi connectivity index (χ3n) is 4.10. The molecule has 1 aromatic heterocycles. The van der Waals surface area contributed by atoms with Gasteiger partial charge in [0.1, 0.15) is 11.6 Å². The molecule has 1 fully saturated rings. The van der Waals surface area contributed by atoms with E-state index in [1.165, 1.54) is 12.1 Å². The highest BCUT2D eigenvalue weighted by Gasteiger charge is 2.24. The van der Waals surface area contributed by atoms with Crippen LogP contribution < -0.4 is 5.32 Å². The molecule has 1 aliphatic rings. The molecule has 122 valence electrons. The van der Waals surface area contributed by atoms with Crippen molar-refractivity contribution in [1.82, 2.24) is 5.32 Å². The molecule has 3 rings (SSSR count). The Morgan fingerprint density at radius 1 is 1.30 bits per heavy atom. The minimum atomic E-state index is -0.414. The van der Waals surface area contributed by atoms with E-state index in [2.05, 4.69) is 5.32 Å². The third kappa shape index (κ3) is 4.20. The highest BCUT2D eigenvalue weighted by molar-refractivity contribution is 5.83. The Kier molecular flexibility index (Phi) is 5.08. The summed E-state index contributed by atoms with van der Waals surface area (Å²) in [7, 11) is 0. The maximum Gasteiger partial charge on any atom is 0.228 e. The number of ether oxygens (including phenoxy) is 1. The number of hydrogen-bond acceptors (Lipinski definition) is 3. The molecule has 2 heterocycles. The Morgan fingerprint density at radius 2 is 2.13 bits per heavy atom. The summed E-state index contributed by atoms with van der Waals surface area (Å²) in [6, 6.07) is 9.67. The summed E-state index contributed by atoms with van der Waals surface area (Å²) < 4.78 is 24.0. The van der Waals surface area contributed by atoms with Crippen molar-refractivity contribution in [3.63, 3.8) is 0 Å². The number of amides is 1. The molecule has 23 heavy (non-hydrogen) atoms. The number of carbonyl (C=O) groups is 1. The van der Waals surface area contributed by atoms with Gasteiger partial charge in [-0.15, -0.1) is 0 Å². The normalized spacial score (nSPS) is 18.7. The summed E-state index contributed by atoms with van der Waals surface area (Å²) in [4.78, 5) is 12.6. The topological polar surface area (TPSA) is 51.5 Å². The van der Waals surface area contributed by atoms with Gasteiger partial charge in [-0.2, -0.15) is 0 Å². The molecule has 1 aromatic carbocycles. The van der Waals surface area contributed by atoms with Gasteiger partial charge in [0.25, 0.3) is 0 Å². The van der Waals surface area contributed by atoms with Crippen LogP contribution in [0.25, 0.3) is 0 Å².